The molecule has 0 aliphatic carbocycles. The molecule has 0 fully saturated rings. The standard InChI is InChI=1S/C11H11ClN2S/c1-7-4-3-5-9-10(7)14(6-8(2)12)11(15)13-9/h3-5H,2,6H2,1H3,(H,13,15). The average molecular weight is 239 g/mol. The van der Waals surface area contributed by atoms with E-state index in [9.17, 15) is 0 Å². The van der Waals surface area contributed by atoms with E-state index in [1.54, 1.807) is 0 Å². The summed E-state index contributed by atoms with van der Waals surface area (Å²) < 4.78 is 2.65. The quantitative estimate of drug-likeness (QED) is 0.791. The molecule has 1 N–H and O–H groups in total. The van der Waals surface area contributed by atoms with Gasteiger partial charge in [0.25, 0.3) is 0 Å². The molecule has 2 rings (SSSR count). The van der Waals surface area contributed by atoms with Gasteiger partial charge < -0.3 is 9.55 Å². The van der Waals surface area contributed by atoms with Crippen molar-refractivity contribution in [1.29, 1.82) is 0 Å². The Labute approximate surface area is 98.2 Å². The predicted molar refractivity (Wildman–Crippen MR) is 66.9 cm³/mol. The van der Waals surface area contributed by atoms with Crippen molar-refractivity contribution < 1.29 is 0 Å². The van der Waals surface area contributed by atoms with Crippen LogP contribution in [0.1, 0.15) is 5.56 Å². The van der Waals surface area contributed by atoms with Crippen LogP contribution in [0.3, 0.4) is 0 Å². The van der Waals surface area contributed by atoms with Gasteiger partial charge in [-0.25, -0.2) is 0 Å². The average Bonchev–Trinajstić information content (AvgIpc) is 2.43. The van der Waals surface area contributed by atoms with Crippen LogP contribution in [-0.2, 0) is 6.54 Å². The predicted octanol–water partition coefficient (Wildman–Crippen LogP) is 3.76. The summed E-state index contributed by atoms with van der Waals surface area (Å²) in [7, 11) is 0. The van der Waals surface area contributed by atoms with E-state index < -0.39 is 0 Å². The van der Waals surface area contributed by atoms with E-state index in [4.69, 9.17) is 23.8 Å². The molecule has 0 radical (unpaired) electrons. The largest absolute Gasteiger partial charge is 0.331 e. The van der Waals surface area contributed by atoms with Gasteiger partial charge in [-0.3, -0.25) is 0 Å². The van der Waals surface area contributed by atoms with Crippen molar-refractivity contribution in [2.75, 3.05) is 0 Å². The molecule has 0 unspecified atom stereocenters. The number of imidazole rings is 1. The van der Waals surface area contributed by atoms with Gasteiger partial charge in [0.15, 0.2) is 4.77 Å². The molecule has 1 heterocycles. The molecular weight excluding hydrogens is 228 g/mol. The zero-order valence-corrected chi connectivity index (χ0v) is 9.95. The molecule has 4 heteroatoms. The zero-order chi connectivity index (χ0) is 11.0. The van der Waals surface area contributed by atoms with Gasteiger partial charge in [0.05, 0.1) is 17.6 Å². The van der Waals surface area contributed by atoms with E-state index in [1.165, 1.54) is 5.56 Å². The maximum absolute atomic E-state index is 5.82. The van der Waals surface area contributed by atoms with Crippen LogP contribution in [-0.4, -0.2) is 9.55 Å². The number of allylic oxidation sites excluding steroid dienone is 1. The first kappa shape index (κ1) is 10.5. The van der Waals surface area contributed by atoms with E-state index in [0.29, 0.717) is 16.3 Å². The second-order valence-electron chi connectivity index (χ2n) is 3.50. The molecule has 1 aromatic heterocycles. The first-order valence-corrected chi connectivity index (χ1v) is 5.39. The Kier molecular flexibility index (Phi) is 2.67. The summed E-state index contributed by atoms with van der Waals surface area (Å²) in [6.45, 7) is 6.29. The van der Waals surface area contributed by atoms with Gasteiger partial charge >= 0.3 is 0 Å². The summed E-state index contributed by atoms with van der Waals surface area (Å²) in [6.07, 6.45) is 0. The molecule has 2 nitrogen and oxygen atoms in total. The van der Waals surface area contributed by atoms with Gasteiger partial charge in [0.1, 0.15) is 0 Å². The van der Waals surface area contributed by atoms with E-state index >= 15 is 0 Å². The Morgan fingerprint density at radius 1 is 1.60 bits per heavy atom. The van der Waals surface area contributed by atoms with Crippen molar-refractivity contribution >= 4 is 34.9 Å². The minimum Gasteiger partial charge on any atom is -0.331 e. The first-order valence-electron chi connectivity index (χ1n) is 4.61. The highest BCUT2D eigenvalue weighted by Gasteiger charge is 2.06. The van der Waals surface area contributed by atoms with Crippen molar-refractivity contribution in [2.24, 2.45) is 0 Å². The minimum absolute atomic E-state index is 0.547. The summed E-state index contributed by atoms with van der Waals surface area (Å²) in [5, 5.41) is 0.579. The maximum atomic E-state index is 5.82. The third-order valence-electron chi connectivity index (χ3n) is 2.32. The Hall–Kier alpha value is -1.06. The van der Waals surface area contributed by atoms with Crippen LogP contribution in [0.2, 0.25) is 0 Å². The van der Waals surface area contributed by atoms with Crippen LogP contribution in [0.15, 0.2) is 29.8 Å². The van der Waals surface area contributed by atoms with Crippen LogP contribution < -0.4 is 0 Å². The molecular formula is C11H11ClN2S. The molecule has 15 heavy (non-hydrogen) atoms. The van der Waals surface area contributed by atoms with E-state index in [1.807, 2.05) is 16.7 Å². The summed E-state index contributed by atoms with van der Waals surface area (Å²) >= 11 is 11.1. The number of fused-ring (bicyclic) bond motifs is 1. The normalized spacial score (nSPS) is 10.8. The molecule has 2 aromatic rings. The Morgan fingerprint density at radius 3 is 3.00 bits per heavy atom. The molecule has 0 saturated heterocycles. The van der Waals surface area contributed by atoms with Crippen molar-refractivity contribution in [3.05, 3.63) is 40.1 Å². The fraction of sp³-hybridized carbons (Fsp3) is 0.182. The fourth-order valence-corrected chi connectivity index (χ4v) is 2.11. The number of nitrogens with one attached hydrogen (secondary N) is 1. The molecule has 1 aromatic carbocycles. The van der Waals surface area contributed by atoms with E-state index in [0.717, 1.165) is 11.0 Å². The molecule has 0 atom stereocenters. The lowest BCUT2D eigenvalue weighted by molar-refractivity contribution is 0.823. The second kappa shape index (κ2) is 3.83. The summed E-state index contributed by atoms with van der Waals surface area (Å²) in [6, 6.07) is 6.06. The molecule has 78 valence electrons. The number of nitrogens with zero attached hydrogens (tertiary/aromatic N) is 1. The van der Waals surface area contributed by atoms with Gasteiger partial charge in [-0.2, -0.15) is 0 Å². The van der Waals surface area contributed by atoms with E-state index in [-0.39, 0.29) is 0 Å². The minimum atomic E-state index is 0.547. The van der Waals surface area contributed by atoms with Gasteiger partial charge in [0.2, 0.25) is 0 Å². The molecule has 0 bridgehead atoms. The number of hydrogen-bond acceptors (Lipinski definition) is 1. The Bertz CT molecular complexity index is 580. The number of benzene rings is 1. The summed E-state index contributed by atoms with van der Waals surface area (Å²) in [5.74, 6) is 0. The molecule has 0 spiro atoms. The lowest BCUT2D eigenvalue weighted by atomic mass is 10.2. The number of H-pyrrole nitrogens is 1. The monoisotopic (exact) mass is 238 g/mol. The SMILES string of the molecule is C=C(Cl)Cn1c(=S)[nH]c2cccc(C)c21. The molecule has 0 aliphatic rings. The van der Waals surface area contributed by atoms with Crippen LogP contribution in [0.5, 0.6) is 0 Å². The third kappa shape index (κ3) is 1.85. The van der Waals surface area contributed by atoms with E-state index in [2.05, 4.69) is 24.6 Å². The number of halogens is 1. The highest BCUT2D eigenvalue weighted by molar-refractivity contribution is 7.71. The van der Waals surface area contributed by atoms with Gasteiger partial charge in [-0.05, 0) is 30.8 Å². The van der Waals surface area contributed by atoms with Gasteiger partial charge in [-0.15, -0.1) is 0 Å². The number of aromatic nitrogens is 2. The zero-order valence-electron chi connectivity index (χ0n) is 8.38. The van der Waals surface area contributed by atoms with Crippen LogP contribution in [0.4, 0.5) is 0 Å². The second-order valence-corrected chi connectivity index (χ2v) is 4.43. The maximum Gasteiger partial charge on any atom is 0.178 e. The van der Waals surface area contributed by atoms with Crippen molar-refractivity contribution in [1.82, 2.24) is 9.55 Å². The fourth-order valence-electron chi connectivity index (χ4n) is 1.72. The van der Waals surface area contributed by atoms with Crippen LogP contribution in [0.25, 0.3) is 11.0 Å². The lowest BCUT2D eigenvalue weighted by Crippen LogP contribution is -1.98. The summed E-state index contributed by atoms with van der Waals surface area (Å²) in [4.78, 5) is 3.15. The van der Waals surface area contributed by atoms with Gasteiger partial charge in [-0.1, -0.05) is 30.3 Å². The van der Waals surface area contributed by atoms with Crippen molar-refractivity contribution in [2.45, 2.75) is 13.5 Å². The number of para-hydroxylation sites is 1. The number of rotatable bonds is 2. The van der Waals surface area contributed by atoms with Crippen molar-refractivity contribution in [3.63, 3.8) is 0 Å². The number of aromatic amines is 1. The first-order chi connectivity index (χ1) is 7.09. The molecule has 0 aliphatic heterocycles. The lowest BCUT2D eigenvalue weighted by Gasteiger charge is -2.04. The Morgan fingerprint density at radius 2 is 2.33 bits per heavy atom. The smallest absolute Gasteiger partial charge is 0.178 e. The third-order valence-corrected chi connectivity index (χ3v) is 2.77. The Balaban J connectivity index is 2.76. The number of aryl methyl sites for hydroxylation is 1. The molecule has 0 saturated carbocycles. The van der Waals surface area contributed by atoms with Crippen LogP contribution >= 0.6 is 23.8 Å². The highest BCUT2D eigenvalue weighted by atomic mass is 35.5. The summed E-state index contributed by atoms with van der Waals surface area (Å²) in [5.41, 5.74) is 3.32. The van der Waals surface area contributed by atoms with Crippen molar-refractivity contribution in [3.8, 4) is 0 Å². The van der Waals surface area contributed by atoms with Gasteiger partial charge in [0, 0.05) is 5.03 Å². The molecule has 0 amide bonds. The topological polar surface area (TPSA) is 20.7 Å². The van der Waals surface area contributed by atoms with Crippen LogP contribution in [0, 0.1) is 11.7 Å². The highest BCUT2D eigenvalue weighted by Crippen LogP contribution is 2.19. The number of hydrogen-bond donors (Lipinski definition) is 1.